The Bertz CT molecular complexity index is 416. The highest BCUT2D eigenvalue weighted by atomic mass is 16.5. The van der Waals surface area contributed by atoms with Crippen molar-refractivity contribution >= 4 is 17.5 Å². The number of nitrogens with two attached hydrogens (primary N) is 1. The summed E-state index contributed by atoms with van der Waals surface area (Å²) < 4.78 is 5.26. The number of pyridine rings is 1. The van der Waals surface area contributed by atoms with E-state index in [0.717, 1.165) is 26.2 Å². The van der Waals surface area contributed by atoms with E-state index in [4.69, 9.17) is 15.6 Å². The predicted octanol–water partition coefficient (Wildman–Crippen LogP) is 0.810. The fourth-order valence-electron chi connectivity index (χ4n) is 1.73. The molecule has 92 valence electrons. The van der Waals surface area contributed by atoms with Crippen LogP contribution < -0.4 is 11.1 Å². The number of aromatic carboxylic acids is 1. The van der Waals surface area contributed by atoms with Gasteiger partial charge in [-0.1, -0.05) is 0 Å². The molecule has 0 bridgehead atoms. The Hall–Kier alpha value is -1.82. The van der Waals surface area contributed by atoms with Crippen LogP contribution in [0, 0.1) is 5.92 Å². The monoisotopic (exact) mass is 237 g/mol. The maximum Gasteiger partial charge on any atom is 0.337 e. The lowest BCUT2D eigenvalue weighted by Crippen LogP contribution is -2.16. The minimum atomic E-state index is -1.03. The Kier molecular flexibility index (Phi) is 3.43. The van der Waals surface area contributed by atoms with Crippen LogP contribution in [0.15, 0.2) is 12.3 Å². The number of aromatic nitrogens is 1. The third kappa shape index (κ3) is 2.85. The lowest BCUT2D eigenvalue weighted by Gasteiger charge is -2.11. The van der Waals surface area contributed by atoms with Gasteiger partial charge in [0.25, 0.3) is 0 Å². The van der Waals surface area contributed by atoms with Crippen LogP contribution >= 0.6 is 0 Å². The van der Waals surface area contributed by atoms with Crippen molar-refractivity contribution in [1.82, 2.24) is 4.98 Å². The van der Waals surface area contributed by atoms with Gasteiger partial charge in [0.15, 0.2) is 0 Å². The number of hydrogen-bond donors (Lipinski definition) is 3. The average Bonchev–Trinajstić information content (AvgIpc) is 2.80. The van der Waals surface area contributed by atoms with Gasteiger partial charge < -0.3 is 20.9 Å². The molecule has 1 aliphatic heterocycles. The molecule has 0 aromatic carbocycles. The largest absolute Gasteiger partial charge is 0.478 e. The SMILES string of the molecule is Nc1cc(C(=O)O)cnc1NCC1CCOC1. The zero-order valence-corrected chi connectivity index (χ0v) is 9.35. The second kappa shape index (κ2) is 5.01. The van der Waals surface area contributed by atoms with E-state index in [1.807, 2.05) is 0 Å². The van der Waals surface area contributed by atoms with Crippen LogP contribution in [0.25, 0.3) is 0 Å². The molecule has 1 unspecified atom stereocenters. The summed E-state index contributed by atoms with van der Waals surface area (Å²) in [7, 11) is 0. The number of nitrogen functional groups attached to an aromatic ring is 1. The molecule has 1 aromatic rings. The molecule has 2 heterocycles. The fourth-order valence-corrected chi connectivity index (χ4v) is 1.73. The first-order valence-corrected chi connectivity index (χ1v) is 5.47. The molecule has 0 amide bonds. The van der Waals surface area contributed by atoms with Crippen LogP contribution in [-0.2, 0) is 4.74 Å². The van der Waals surface area contributed by atoms with E-state index in [-0.39, 0.29) is 5.56 Å². The summed E-state index contributed by atoms with van der Waals surface area (Å²) >= 11 is 0. The molecular weight excluding hydrogens is 222 g/mol. The Balaban J connectivity index is 1.98. The first-order chi connectivity index (χ1) is 8.16. The third-order valence-electron chi connectivity index (χ3n) is 2.75. The zero-order valence-electron chi connectivity index (χ0n) is 9.35. The lowest BCUT2D eigenvalue weighted by molar-refractivity contribution is 0.0696. The molecule has 1 aliphatic rings. The molecule has 17 heavy (non-hydrogen) atoms. The molecule has 1 saturated heterocycles. The van der Waals surface area contributed by atoms with Gasteiger partial charge in [0, 0.05) is 25.3 Å². The first-order valence-electron chi connectivity index (χ1n) is 5.47. The Morgan fingerprint density at radius 2 is 2.53 bits per heavy atom. The van der Waals surface area contributed by atoms with E-state index in [2.05, 4.69) is 10.3 Å². The zero-order chi connectivity index (χ0) is 12.3. The van der Waals surface area contributed by atoms with Crippen LogP contribution in [0.5, 0.6) is 0 Å². The van der Waals surface area contributed by atoms with Crippen LogP contribution in [-0.4, -0.2) is 35.8 Å². The van der Waals surface area contributed by atoms with Gasteiger partial charge in [-0.15, -0.1) is 0 Å². The number of anilines is 2. The van der Waals surface area contributed by atoms with Gasteiger partial charge in [0.2, 0.25) is 0 Å². The van der Waals surface area contributed by atoms with Gasteiger partial charge >= 0.3 is 5.97 Å². The van der Waals surface area contributed by atoms with Gasteiger partial charge in [-0.05, 0) is 12.5 Å². The lowest BCUT2D eigenvalue weighted by atomic mass is 10.1. The van der Waals surface area contributed by atoms with Crippen molar-refractivity contribution in [3.63, 3.8) is 0 Å². The number of hydrogen-bond acceptors (Lipinski definition) is 5. The second-order valence-corrected chi connectivity index (χ2v) is 4.08. The first kappa shape index (κ1) is 11.7. The van der Waals surface area contributed by atoms with Gasteiger partial charge in [0.1, 0.15) is 5.82 Å². The molecule has 0 radical (unpaired) electrons. The minimum Gasteiger partial charge on any atom is -0.478 e. The smallest absolute Gasteiger partial charge is 0.337 e. The summed E-state index contributed by atoms with van der Waals surface area (Å²) in [5, 5.41) is 11.9. The van der Waals surface area contributed by atoms with Gasteiger partial charge in [-0.25, -0.2) is 9.78 Å². The number of ether oxygens (including phenoxy) is 1. The highest BCUT2D eigenvalue weighted by molar-refractivity contribution is 5.89. The van der Waals surface area contributed by atoms with E-state index in [1.54, 1.807) is 0 Å². The van der Waals surface area contributed by atoms with Crippen molar-refractivity contribution in [2.45, 2.75) is 6.42 Å². The number of carboxylic acid groups (broad SMARTS) is 1. The summed E-state index contributed by atoms with van der Waals surface area (Å²) in [4.78, 5) is 14.7. The number of rotatable bonds is 4. The Morgan fingerprint density at radius 3 is 3.12 bits per heavy atom. The maximum atomic E-state index is 10.7. The topological polar surface area (TPSA) is 97.5 Å². The van der Waals surface area contributed by atoms with E-state index in [0.29, 0.717) is 17.4 Å². The molecule has 0 aliphatic carbocycles. The van der Waals surface area contributed by atoms with Crippen LogP contribution in [0.3, 0.4) is 0 Å². The number of nitrogens with one attached hydrogen (secondary N) is 1. The normalized spacial score (nSPS) is 19.2. The third-order valence-corrected chi connectivity index (χ3v) is 2.75. The minimum absolute atomic E-state index is 0.0947. The van der Waals surface area contributed by atoms with Crippen molar-refractivity contribution in [1.29, 1.82) is 0 Å². The molecule has 1 aromatic heterocycles. The van der Waals surface area contributed by atoms with Crippen molar-refractivity contribution < 1.29 is 14.6 Å². The Labute approximate surface area is 98.8 Å². The molecule has 6 heteroatoms. The van der Waals surface area contributed by atoms with Crippen LogP contribution in [0.4, 0.5) is 11.5 Å². The maximum absolute atomic E-state index is 10.7. The van der Waals surface area contributed by atoms with Gasteiger partial charge in [-0.3, -0.25) is 0 Å². The summed E-state index contributed by atoms with van der Waals surface area (Å²) in [5.74, 6) is -0.0304. The molecule has 2 rings (SSSR count). The van der Waals surface area contributed by atoms with Crippen molar-refractivity contribution in [3.05, 3.63) is 17.8 Å². The second-order valence-electron chi connectivity index (χ2n) is 4.08. The molecule has 6 nitrogen and oxygen atoms in total. The van der Waals surface area contributed by atoms with E-state index in [9.17, 15) is 4.79 Å². The highest BCUT2D eigenvalue weighted by Crippen LogP contribution is 2.18. The number of nitrogens with zero attached hydrogens (tertiary/aromatic N) is 1. The summed E-state index contributed by atoms with van der Waals surface area (Å²) in [6.45, 7) is 2.29. The molecule has 1 fully saturated rings. The van der Waals surface area contributed by atoms with Gasteiger partial charge in [0.05, 0.1) is 17.9 Å². The summed E-state index contributed by atoms with van der Waals surface area (Å²) in [6, 6.07) is 1.41. The number of carbonyl (C=O) groups is 1. The highest BCUT2D eigenvalue weighted by Gasteiger charge is 2.16. The molecule has 0 saturated carbocycles. The molecule has 4 N–H and O–H groups in total. The predicted molar refractivity (Wildman–Crippen MR) is 63.0 cm³/mol. The van der Waals surface area contributed by atoms with Gasteiger partial charge in [-0.2, -0.15) is 0 Å². The standard InChI is InChI=1S/C11H15N3O3/c12-9-3-8(11(15)16)5-14-10(9)13-4-7-1-2-17-6-7/h3,5,7H,1-2,4,6,12H2,(H,13,14)(H,15,16). The van der Waals surface area contributed by atoms with E-state index in [1.165, 1.54) is 12.3 Å². The summed E-state index contributed by atoms with van der Waals surface area (Å²) in [5.41, 5.74) is 6.17. The van der Waals surface area contributed by atoms with Crippen molar-refractivity contribution in [2.75, 3.05) is 30.8 Å². The molecule has 0 spiro atoms. The quantitative estimate of drug-likeness (QED) is 0.717. The van der Waals surface area contributed by atoms with Crippen LogP contribution in [0.2, 0.25) is 0 Å². The van der Waals surface area contributed by atoms with Crippen molar-refractivity contribution in [3.8, 4) is 0 Å². The van der Waals surface area contributed by atoms with E-state index < -0.39 is 5.97 Å². The molecule has 1 atom stereocenters. The molecular formula is C11H15N3O3. The average molecular weight is 237 g/mol. The fraction of sp³-hybridized carbons (Fsp3) is 0.455. The van der Waals surface area contributed by atoms with E-state index >= 15 is 0 Å². The van der Waals surface area contributed by atoms with Crippen molar-refractivity contribution in [2.24, 2.45) is 5.92 Å². The number of carboxylic acids is 1. The van der Waals surface area contributed by atoms with Crippen LogP contribution in [0.1, 0.15) is 16.8 Å². The summed E-state index contributed by atoms with van der Waals surface area (Å²) in [6.07, 6.45) is 2.33. The Morgan fingerprint density at radius 1 is 1.71 bits per heavy atom.